The molecule has 0 spiro atoms. The molecular formula is C33H54FN5O3. The standard InChI is InChI=1S/C33H54FN5O3/c1-4-37(5-2)13-8-9-20(3)36-33(41)25-19-39-27-15-21-10-6-7-11-22(21)16-28(27)42-32-29(39)24(31(25)40)17-26(34)30(32)38-14-12-23(35)18-38/h19-24,26-30,32H,4-18,35H2,1-3H3,(H,36,41). The molecule has 3 saturated carbocycles. The van der Waals surface area contributed by atoms with E-state index in [0.29, 0.717) is 18.4 Å². The summed E-state index contributed by atoms with van der Waals surface area (Å²) < 4.78 is 23.1. The van der Waals surface area contributed by atoms with E-state index in [9.17, 15) is 9.59 Å². The van der Waals surface area contributed by atoms with Gasteiger partial charge in [-0.15, -0.1) is 0 Å². The van der Waals surface area contributed by atoms with Crippen molar-refractivity contribution < 1.29 is 18.7 Å². The Morgan fingerprint density at radius 1 is 1.14 bits per heavy atom. The number of amides is 1. The first-order valence-electron chi connectivity index (χ1n) is 17.1. The lowest BCUT2D eigenvalue weighted by molar-refractivity contribution is -0.219. The molecule has 6 rings (SSSR count). The Bertz CT molecular complexity index is 1020. The number of likely N-dealkylation sites (tertiary alicyclic amines) is 1. The number of nitrogens with zero attached hydrogens (tertiary/aromatic N) is 3. The quantitative estimate of drug-likeness (QED) is 0.401. The van der Waals surface area contributed by atoms with Gasteiger partial charge in [0.1, 0.15) is 6.17 Å². The van der Waals surface area contributed by atoms with Gasteiger partial charge in [0.15, 0.2) is 5.78 Å². The van der Waals surface area contributed by atoms with Crippen LogP contribution in [-0.2, 0) is 14.3 Å². The van der Waals surface area contributed by atoms with Gasteiger partial charge in [0.25, 0.3) is 5.91 Å². The highest BCUT2D eigenvalue weighted by molar-refractivity contribution is 6.20. The summed E-state index contributed by atoms with van der Waals surface area (Å²) >= 11 is 0. The van der Waals surface area contributed by atoms with Gasteiger partial charge in [0.05, 0.1) is 35.9 Å². The SMILES string of the molecule is CCN(CC)CCCC(C)NC(=O)C1=CN2C3CC4CCCCC4CC3OC3C(N4CCC(N)C4)C(F)CC(C1=O)C32. The second kappa shape index (κ2) is 12.8. The molecule has 5 fully saturated rings. The molecule has 3 aliphatic heterocycles. The summed E-state index contributed by atoms with van der Waals surface area (Å²) in [5.74, 6) is 0.250. The Balaban J connectivity index is 1.25. The number of carbonyl (C=O) groups is 2. The van der Waals surface area contributed by atoms with E-state index in [1.165, 1.54) is 25.7 Å². The van der Waals surface area contributed by atoms with Gasteiger partial charge in [-0.05, 0) is 76.9 Å². The molecule has 2 saturated heterocycles. The second-order valence-corrected chi connectivity index (χ2v) is 14.3. The molecule has 9 heteroatoms. The summed E-state index contributed by atoms with van der Waals surface area (Å²) in [6, 6.07) is -0.470. The third-order valence-corrected chi connectivity index (χ3v) is 11.8. The molecule has 1 amide bonds. The topological polar surface area (TPSA) is 91.1 Å². The number of nitrogens with two attached hydrogens (primary N) is 1. The molecule has 6 aliphatic rings. The van der Waals surface area contributed by atoms with Crippen LogP contribution in [0.4, 0.5) is 4.39 Å². The lowest BCUT2D eigenvalue weighted by atomic mass is 9.64. The first-order chi connectivity index (χ1) is 20.3. The van der Waals surface area contributed by atoms with Crippen molar-refractivity contribution in [1.82, 2.24) is 20.0 Å². The molecule has 11 atom stereocenters. The molecule has 0 radical (unpaired) electrons. The van der Waals surface area contributed by atoms with E-state index >= 15 is 4.39 Å². The number of hydrogen-bond acceptors (Lipinski definition) is 7. The number of nitrogens with one attached hydrogen (secondary N) is 1. The number of ether oxygens (including phenoxy) is 1. The highest BCUT2D eigenvalue weighted by atomic mass is 19.1. The first-order valence-corrected chi connectivity index (χ1v) is 17.1. The zero-order valence-electron chi connectivity index (χ0n) is 26.1. The predicted octanol–water partition coefficient (Wildman–Crippen LogP) is 3.25. The normalized spacial score (nSPS) is 40.7. The minimum Gasteiger partial charge on any atom is -0.369 e. The summed E-state index contributed by atoms with van der Waals surface area (Å²) in [4.78, 5) is 34.6. The van der Waals surface area contributed by atoms with Crippen molar-refractivity contribution in [2.75, 3.05) is 32.7 Å². The average Bonchev–Trinajstić information content (AvgIpc) is 3.40. The summed E-state index contributed by atoms with van der Waals surface area (Å²) in [6.45, 7) is 10.8. The molecular weight excluding hydrogens is 533 g/mol. The van der Waals surface area contributed by atoms with Crippen LogP contribution in [0.15, 0.2) is 11.8 Å². The van der Waals surface area contributed by atoms with E-state index in [1.54, 1.807) is 0 Å². The number of ketones is 1. The number of alkyl halides is 1. The molecule has 3 heterocycles. The molecule has 236 valence electrons. The second-order valence-electron chi connectivity index (χ2n) is 14.3. The van der Waals surface area contributed by atoms with Crippen LogP contribution in [0.1, 0.15) is 85.0 Å². The Hall–Kier alpha value is -1.55. The lowest BCUT2D eigenvalue weighted by Gasteiger charge is -2.61. The van der Waals surface area contributed by atoms with E-state index in [0.717, 1.165) is 58.3 Å². The molecule has 0 aromatic heterocycles. The van der Waals surface area contributed by atoms with Crippen LogP contribution in [0, 0.1) is 17.8 Å². The molecule has 0 bridgehead atoms. The van der Waals surface area contributed by atoms with Gasteiger partial charge < -0.3 is 25.6 Å². The minimum absolute atomic E-state index is 0.00286. The summed E-state index contributed by atoms with van der Waals surface area (Å²) in [5, 5.41) is 3.13. The van der Waals surface area contributed by atoms with E-state index in [4.69, 9.17) is 10.5 Å². The molecule has 8 nitrogen and oxygen atoms in total. The van der Waals surface area contributed by atoms with Crippen LogP contribution in [0.2, 0.25) is 0 Å². The molecule has 3 N–H and O–H groups in total. The molecule has 0 aromatic rings. The number of morpholine rings is 1. The molecule has 0 aromatic carbocycles. The minimum atomic E-state index is -1.18. The largest absolute Gasteiger partial charge is 0.369 e. The Labute approximate surface area is 251 Å². The smallest absolute Gasteiger partial charge is 0.256 e. The van der Waals surface area contributed by atoms with Gasteiger partial charge in [-0.3, -0.25) is 14.5 Å². The third-order valence-electron chi connectivity index (χ3n) is 11.8. The van der Waals surface area contributed by atoms with E-state index in [2.05, 4.69) is 33.9 Å². The third kappa shape index (κ3) is 5.80. The number of carbonyl (C=O) groups excluding carboxylic acids is 2. The molecule has 42 heavy (non-hydrogen) atoms. The van der Waals surface area contributed by atoms with E-state index < -0.39 is 24.2 Å². The van der Waals surface area contributed by atoms with Gasteiger partial charge in [-0.2, -0.15) is 0 Å². The number of Topliss-reactive ketones (excluding diaryl/α,β-unsaturated/α-hetero) is 1. The fraction of sp³-hybridized carbons (Fsp3) is 0.879. The number of hydrogen-bond donors (Lipinski definition) is 2. The average molecular weight is 588 g/mol. The fourth-order valence-corrected chi connectivity index (χ4v) is 9.49. The van der Waals surface area contributed by atoms with Gasteiger partial charge >= 0.3 is 0 Å². The maximum Gasteiger partial charge on any atom is 0.256 e. The maximum atomic E-state index is 16.2. The zero-order chi connectivity index (χ0) is 29.5. The maximum absolute atomic E-state index is 16.2. The van der Waals surface area contributed by atoms with Gasteiger partial charge in [-0.1, -0.05) is 39.5 Å². The van der Waals surface area contributed by atoms with Crippen molar-refractivity contribution in [2.45, 2.75) is 134 Å². The van der Waals surface area contributed by atoms with Gasteiger partial charge in [-0.25, -0.2) is 4.39 Å². The van der Waals surface area contributed by atoms with Crippen LogP contribution in [0.5, 0.6) is 0 Å². The van der Waals surface area contributed by atoms with Crippen LogP contribution in [-0.4, -0.2) is 108 Å². The van der Waals surface area contributed by atoms with Crippen molar-refractivity contribution >= 4 is 11.7 Å². The van der Waals surface area contributed by atoms with Crippen LogP contribution >= 0.6 is 0 Å². The van der Waals surface area contributed by atoms with E-state index in [1.807, 2.05) is 13.1 Å². The van der Waals surface area contributed by atoms with Crippen LogP contribution < -0.4 is 11.1 Å². The number of fused-ring (bicyclic) bond motifs is 3. The highest BCUT2D eigenvalue weighted by Gasteiger charge is 2.60. The monoisotopic (exact) mass is 587 g/mol. The first kappa shape index (κ1) is 30.5. The lowest BCUT2D eigenvalue weighted by Crippen LogP contribution is -2.73. The van der Waals surface area contributed by atoms with Crippen molar-refractivity contribution in [3.8, 4) is 0 Å². The molecule has 11 unspecified atom stereocenters. The van der Waals surface area contributed by atoms with Crippen LogP contribution in [0.25, 0.3) is 0 Å². The number of halogens is 1. The Morgan fingerprint density at radius 2 is 1.88 bits per heavy atom. The summed E-state index contributed by atoms with van der Waals surface area (Å²) in [7, 11) is 0. The zero-order valence-corrected chi connectivity index (χ0v) is 26.1. The molecule has 3 aliphatic carbocycles. The van der Waals surface area contributed by atoms with Gasteiger partial charge in [0.2, 0.25) is 0 Å². The summed E-state index contributed by atoms with van der Waals surface area (Å²) in [6.07, 6.45) is 10.2. The van der Waals surface area contributed by atoms with Crippen molar-refractivity contribution in [3.05, 3.63) is 11.8 Å². The predicted molar refractivity (Wildman–Crippen MR) is 161 cm³/mol. The van der Waals surface area contributed by atoms with Crippen molar-refractivity contribution in [3.63, 3.8) is 0 Å². The van der Waals surface area contributed by atoms with Crippen molar-refractivity contribution in [1.29, 1.82) is 0 Å². The summed E-state index contributed by atoms with van der Waals surface area (Å²) in [5.41, 5.74) is 6.48. The van der Waals surface area contributed by atoms with E-state index in [-0.39, 0.29) is 54.0 Å². The van der Waals surface area contributed by atoms with Crippen molar-refractivity contribution in [2.24, 2.45) is 23.5 Å². The highest BCUT2D eigenvalue weighted by Crippen LogP contribution is 2.51. The van der Waals surface area contributed by atoms with Crippen LogP contribution in [0.3, 0.4) is 0 Å². The Morgan fingerprint density at radius 3 is 2.57 bits per heavy atom. The fourth-order valence-electron chi connectivity index (χ4n) is 9.49. The number of rotatable bonds is 9. The Kier molecular flexibility index (Phi) is 9.30. The van der Waals surface area contributed by atoms with Gasteiger partial charge in [0, 0.05) is 37.3 Å².